The third-order valence-corrected chi connectivity index (χ3v) is 4.61. The molecule has 150 valence electrons. The van der Waals surface area contributed by atoms with E-state index in [4.69, 9.17) is 11.6 Å². The summed E-state index contributed by atoms with van der Waals surface area (Å²) in [5.74, 6) is -0.389. The van der Waals surface area contributed by atoms with Gasteiger partial charge < -0.3 is 10.6 Å². The van der Waals surface area contributed by atoms with Gasteiger partial charge in [-0.2, -0.15) is 18.2 Å². The maximum atomic E-state index is 13.3. The first-order valence-corrected chi connectivity index (χ1v) is 9.04. The second kappa shape index (κ2) is 8.17. The molecule has 1 aliphatic carbocycles. The molecule has 3 rings (SSSR count). The van der Waals surface area contributed by atoms with E-state index in [9.17, 15) is 23.3 Å². The van der Waals surface area contributed by atoms with Crippen molar-refractivity contribution in [2.24, 2.45) is 0 Å². The molecule has 7 nitrogen and oxygen atoms in total. The first-order valence-electron chi connectivity index (χ1n) is 8.66. The Bertz CT molecular complexity index is 872. The van der Waals surface area contributed by atoms with Crippen LogP contribution in [0.25, 0.3) is 0 Å². The average Bonchev–Trinajstić information content (AvgIpc) is 2.61. The van der Waals surface area contributed by atoms with E-state index >= 15 is 0 Å². The lowest BCUT2D eigenvalue weighted by Crippen LogP contribution is -2.24. The van der Waals surface area contributed by atoms with Crippen molar-refractivity contribution in [3.63, 3.8) is 0 Å². The predicted octanol–water partition coefficient (Wildman–Crippen LogP) is 5.55. The van der Waals surface area contributed by atoms with Gasteiger partial charge in [-0.25, -0.2) is 4.98 Å². The molecule has 0 amide bonds. The lowest BCUT2D eigenvalue weighted by Gasteiger charge is -2.23. The second-order valence-corrected chi connectivity index (χ2v) is 6.92. The first-order chi connectivity index (χ1) is 13.2. The van der Waals surface area contributed by atoms with Crippen molar-refractivity contribution in [1.29, 1.82) is 0 Å². The molecule has 0 aliphatic heterocycles. The van der Waals surface area contributed by atoms with Gasteiger partial charge in [-0.3, -0.25) is 10.1 Å². The molecular formula is C17H17ClF3N5O2. The quantitative estimate of drug-likeness (QED) is 0.491. The number of nitro benzene ring substituents is 1. The third-order valence-electron chi connectivity index (χ3n) is 4.37. The van der Waals surface area contributed by atoms with Gasteiger partial charge in [0.25, 0.3) is 5.69 Å². The van der Waals surface area contributed by atoms with Crippen molar-refractivity contribution >= 4 is 34.7 Å². The van der Waals surface area contributed by atoms with Crippen molar-refractivity contribution in [2.75, 3.05) is 10.6 Å². The Morgan fingerprint density at radius 2 is 1.86 bits per heavy atom. The highest BCUT2D eigenvalue weighted by Crippen LogP contribution is 2.34. The van der Waals surface area contributed by atoms with E-state index in [1.54, 1.807) is 0 Å². The highest BCUT2D eigenvalue weighted by atomic mass is 35.5. The van der Waals surface area contributed by atoms with E-state index in [-0.39, 0.29) is 34.2 Å². The fourth-order valence-corrected chi connectivity index (χ4v) is 3.23. The fraction of sp³-hybridized carbons (Fsp3) is 0.412. The van der Waals surface area contributed by atoms with E-state index in [0.29, 0.717) is 6.07 Å². The normalized spacial score (nSPS) is 15.3. The summed E-state index contributed by atoms with van der Waals surface area (Å²) in [5.41, 5.74) is -1.54. The first kappa shape index (κ1) is 20.1. The number of aromatic nitrogens is 2. The van der Waals surface area contributed by atoms with Crippen LogP contribution in [-0.4, -0.2) is 20.9 Å². The van der Waals surface area contributed by atoms with Gasteiger partial charge in [0.2, 0.25) is 5.95 Å². The standard InChI is InChI=1S/C17H17ClF3N5O2/c18-10-6-7-13(26(27)28)12(8-10)23-15-9-14(17(19,20)21)24-16(25-15)22-11-4-2-1-3-5-11/h6-9,11H,1-5H2,(H2,22,23,24,25). The van der Waals surface area contributed by atoms with Gasteiger partial charge in [-0.05, 0) is 25.0 Å². The molecule has 0 bridgehead atoms. The summed E-state index contributed by atoms with van der Waals surface area (Å²) in [5, 5.41) is 16.9. The average molecular weight is 416 g/mol. The Morgan fingerprint density at radius 1 is 1.14 bits per heavy atom. The van der Waals surface area contributed by atoms with E-state index in [2.05, 4.69) is 20.6 Å². The number of benzene rings is 1. The van der Waals surface area contributed by atoms with Crippen molar-refractivity contribution in [2.45, 2.75) is 44.3 Å². The third kappa shape index (κ3) is 5.00. The summed E-state index contributed by atoms with van der Waals surface area (Å²) >= 11 is 5.86. The lowest BCUT2D eigenvalue weighted by molar-refractivity contribution is -0.383. The topological polar surface area (TPSA) is 93.0 Å². The van der Waals surface area contributed by atoms with Gasteiger partial charge in [-0.1, -0.05) is 30.9 Å². The Hall–Kier alpha value is -2.62. The summed E-state index contributed by atoms with van der Waals surface area (Å²) in [6.45, 7) is 0. The largest absolute Gasteiger partial charge is 0.433 e. The highest BCUT2D eigenvalue weighted by Gasteiger charge is 2.34. The van der Waals surface area contributed by atoms with Crippen LogP contribution in [0.2, 0.25) is 5.02 Å². The minimum absolute atomic E-state index is 0.00871. The molecule has 1 fully saturated rings. The van der Waals surface area contributed by atoms with Crippen LogP contribution in [0.3, 0.4) is 0 Å². The zero-order valence-electron chi connectivity index (χ0n) is 14.6. The maximum absolute atomic E-state index is 13.3. The number of hydrogen-bond acceptors (Lipinski definition) is 6. The van der Waals surface area contributed by atoms with Crippen LogP contribution >= 0.6 is 11.6 Å². The Kier molecular flexibility index (Phi) is 5.87. The number of alkyl halides is 3. The van der Waals surface area contributed by atoms with E-state index < -0.39 is 16.8 Å². The molecular weight excluding hydrogens is 399 g/mol. The number of halogens is 4. The van der Waals surface area contributed by atoms with Gasteiger partial charge in [0, 0.05) is 23.2 Å². The van der Waals surface area contributed by atoms with E-state index in [0.717, 1.165) is 38.2 Å². The summed E-state index contributed by atoms with van der Waals surface area (Å²) in [6.07, 6.45) is 0.00660. The number of nitrogens with zero attached hydrogens (tertiary/aromatic N) is 3. The molecule has 0 unspecified atom stereocenters. The van der Waals surface area contributed by atoms with Crippen molar-refractivity contribution < 1.29 is 18.1 Å². The number of nitro groups is 1. The maximum Gasteiger partial charge on any atom is 0.433 e. The fourth-order valence-electron chi connectivity index (χ4n) is 3.06. The van der Waals surface area contributed by atoms with Crippen LogP contribution in [-0.2, 0) is 6.18 Å². The predicted molar refractivity (Wildman–Crippen MR) is 98.9 cm³/mol. The van der Waals surface area contributed by atoms with Crippen LogP contribution in [0.1, 0.15) is 37.8 Å². The minimum atomic E-state index is -4.69. The molecule has 11 heteroatoms. The van der Waals surface area contributed by atoms with Crippen LogP contribution in [0, 0.1) is 10.1 Å². The highest BCUT2D eigenvalue weighted by molar-refractivity contribution is 6.31. The molecule has 0 spiro atoms. The van der Waals surface area contributed by atoms with Crippen molar-refractivity contribution in [3.8, 4) is 0 Å². The molecule has 0 saturated heterocycles. The number of rotatable bonds is 5. The Labute approximate surface area is 163 Å². The van der Waals surface area contributed by atoms with Crippen molar-refractivity contribution in [3.05, 3.63) is 45.1 Å². The second-order valence-electron chi connectivity index (χ2n) is 6.48. The SMILES string of the molecule is O=[N+]([O-])c1ccc(Cl)cc1Nc1cc(C(F)(F)F)nc(NC2CCCCC2)n1. The minimum Gasteiger partial charge on any atom is -0.351 e. The molecule has 1 aromatic heterocycles. The van der Waals surface area contributed by atoms with E-state index in [1.807, 2.05) is 0 Å². The zero-order chi connectivity index (χ0) is 20.3. The number of hydrogen-bond donors (Lipinski definition) is 2. The molecule has 28 heavy (non-hydrogen) atoms. The lowest BCUT2D eigenvalue weighted by atomic mass is 9.96. The smallest absolute Gasteiger partial charge is 0.351 e. The summed E-state index contributed by atoms with van der Waals surface area (Å²) in [6, 6.07) is 4.44. The molecule has 1 aliphatic rings. The Morgan fingerprint density at radius 3 is 2.50 bits per heavy atom. The number of nitrogens with one attached hydrogen (secondary N) is 2. The molecule has 1 saturated carbocycles. The van der Waals surface area contributed by atoms with Crippen LogP contribution < -0.4 is 10.6 Å². The van der Waals surface area contributed by atoms with Gasteiger partial charge in [0.1, 0.15) is 11.5 Å². The molecule has 2 aromatic rings. The number of anilines is 3. The van der Waals surface area contributed by atoms with Gasteiger partial charge in [0.15, 0.2) is 5.69 Å². The Balaban J connectivity index is 1.95. The van der Waals surface area contributed by atoms with E-state index in [1.165, 1.54) is 12.1 Å². The molecule has 0 radical (unpaired) electrons. The van der Waals surface area contributed by atoms with Gasteiger partial charge in [0.05, 0.1) is 4.92 Å². The molecule has 1 heterocycles. The van der Waals surface area contributed by atoms with Crippen LogP contribution in [0.4, 0.5) is 36.3 Å². The van der Waals surface area contributed by atoms with Crippen LogP contribution in [0.15, 0.2) is 24.3 Å². The van der Waals surface area contributed by atoms with Crippen molar-refractivity contribution in [1.82, 2.24) is 9.97 Å². The van der Waals surface area contributed by atoms with Gasteiger partial charge >= 0.3 is 6.18 Å². The van der Waals surface area contributed by atoms with Gasteiger partial charge in [-0.15, -0.1) is 0 Å². The zero-order valence-corrected chi connectivity index (χ0v) is 15.3. The monoisotopic (exact) mass is 415 g/mol. The van der Waals surface area contributed by atoms with Crippen LogP contribution in [0.5, 0.6) is 0 Å². The summed E-state index contributed by atoms with van der Waals surface area (Å²) in [7, 11) is 0. The summed E-state index contributed by atoms with van der Waals surface area (Å²) < 4.78 is 39.8. The molecule has 1 aromatic carbocycles. The molecule has 0 atom stereocenters. The summed E-state index contributed by atoms with van der Waals surface area (Å²) in [4.78, 5) is 18.2. The molecule has 2 N–H and O–H groups in total.